The summed E-state index contributed by atoms with van der Waals surface area (Å²) in [4.78, 5) is 27.4. The Kier molecular flexibility index (Phi) is 4.23. The van der Waals surface area contributed by atoms with Gasteiger partial charge in [0, 0.05) is 26.9 Å². The van der Waals surface area contributed by atoms with Gasteiger partial charge in [0.15, 0.2) is 10.9 Å². The number of fused-ring (bicyclic) bond motifs is 6. The summed E-state index contributed by atoms with van der Waals surface area (Å²) in [6.07, 6.45) is 0.710. The minimum atomic E-state index is -0.0377. The molecule has 4 heteroatoms. The van der Waals surface area contributed by atoms with Crippen molar-refractivity contribution in [2.45, 2.75) is 6.42 Å². The van der Waals surface area contributed by atoms with E-state index in [1.54, 1.807) is 0 Å². The highest BCUT2D eigenvalue weighted by Gasteiger charge is 2.22. The molecule has 0 aliphatic carbocycles. The molecule has 0 aliphatic heterocycles. The molecule has 35 heavy (non-hydrogen) atoms. The highest BCUT2D eigenvalue weighted by molar-refractivity contribution is 6.41. The summed E-state index contributed by atoms with van der Waals surface area (Å²) in [7, 11) is 0. The van der Waals surface area contributed by atoms with Crippen molar-refractivity contribution in [1.29, 1.82) is 0 Å². The summed E-state index contributed by atoms with van der Waals surface area (Å²) in [5.74, 6) is 0.575. The van der Waals surface area contributed by atoms with Crippen molar-refractivity contribution in [3.8, 4) is 5.75 Å². The number of rotatable bonds is 4. The molecule has 0 saturated heterocycles. The summed E-state index contributed by atoms with van der Waals surface area (Å²) < 4.78 is 6.03. The molecule has 0 heterocycles. The quantitative estimate of drug-likeness (QED) is 0.203. The fourth-order valence-corrected chi connectivity index (χ4v) is 5.81. The molecule has 7 aromatic rings. The number of hydrogen-bond acceptors (Lipinski definition) is 4. The molecule has 0 fully saturated rings. The fraction of sp³-hybridized carbons (Fsp3) is 0.0968. The van der Waals surface area contributed by atoms with Crippen LogP contribution in [-0.4, -0.2) is 13.2 Å². The normalized spacial score (nSPS) is 12.1. The van der Waals surface area contributed by atoms with Crippen LogP contribution in [0.5, 0.6) is 5.75 Å². The smallest absolute Gasteiger partial charge is 0.198 e. The molecular weight excluding hydrogens is 434 g/mol. The van der Waals surface area contributed by atoms with E-state index in [1.807, 2.05) is 66.7 Å². The van der Waals surface area contributed by atoms with Crippen LogP contribution in [0.4, 0.5) is 0 Å². The van der Waals surface area contributed by atoms with Crippen molar-refractivity contribution in [2.24, 2.45) is 5.73 Å². The zero-order chi connectivity index (χ0) is 23.7. The van der Waals surface area contributed by atoms with Gasteiger partial charge in [0.2, 0.25) is 0 Å². The van der Waals surface area contributed by atoms with Gasteiger partial charge in [0.1, 0.15) is 5.75 Å². The van der Waals surface area contributed by atoms with Crippen LogP contribution in [0.2, 0.25) is 0 Å². The topological polar surface area (TPSA) is 69.4 Å². The van der Waals surface area contributed by atoms with Gasteiger partial charge >= 0.3 is 0 Å². The minimum Gasteiger partial charge on any atom is -0.493 e. The summed E-state index contributed by atoms with van der Waals surface area (Å²) in [5, 5.41) is 10.3. The molecular formula is C31H21NO3. The lowest BCUT2D eigenvalue weighted by Gasteiger charge is -2.18. The van der Waals surface area contributed by atoms with E-state index in [4.69, 9.17) is 10.5 Å². The predicted octanol–water partition coefficient (Wildman–Crippen LogP) is 5.93. The molecule has 0 radical (unpaired) electrons. The van der Waals surface area contributed by atoms with Gasteiger partial charge in [-0.05, 0) is 51.3 Å². The van der Waals surface area contributed by atoms with Gasteiger partial charge in [-0.25, -0.2) is 0 Å². The lowest BCUT2D eigenvalue weighted by atomic mass is 9.85. The molecule has 0 bridgehead atoms. The third-order valence-corrected chi connectivity index (χ3v) is 7.23. The minimum absolute atomic E-state index is 0.0346. The van der Waals surface area contributed by atoms with Crippen LogP contribution >= 0.6 is 0 Å². The molecule has 0 unspecified atom stereocenters. The van der Waals surface area contributed by atoms with Gasteiger partial charge in [-0.1, -0.05) is 72.8 Å². The maximum Gasteiger partial charge on any atom is 0.198 e. The fourth-order valence-electron chi connectivity index (χ4n) is 5.81. The maximum atomic E-state index is 13.9. The van der Waals surface area contributed by atoms with Gasteiger partial charge in [0.25, 0.3) is 0 Å². The number of nitrogens with two attached hydrogens (primary N) is 1. The van der Waals surface area contributed by atoms with Crippen LogP contribution in [0, 0.1) is 0 Å². The predicted molar refractivity (Wildman–Crippen MR) is 146 cm³/mol. The molecule has 0 amide bonds. The van der Waals surface area contributed by atoms with Crippen LogP contribution in [-0.2, 0) is 0 Å². The van der Waals surface area contributed by atoms with E-state index < -0.39 is 0 Å². The molecule has 4 nitrogen and oxygen atoms in total. The SMILES string of the molecule is NCCCOc1cccc2c1c(=O)c1cccc3c1c2c1cccc2c(=O)c4ccccc4c3c21. The van der Waals surface area contributed by atoms with E-state index in [0.717, 1.165) is 43.1 Å². The Bertz CT molecular complexity index is 2060. The Morgan fingerprint density at radius 3 is 1.69 bits per heavy atom. The maximum absolute atomic E-state index is 13.9. The van der Waals surface area contributed by atoms with Crippen molar-refractivity contribution >= 4 is 64.6 Å². The second-order valence-corrected chi connectivity index (χ2v) is 9.08. The first kappa shape index (κ1) is 20.1. The molecule has 0 aromatic heterocycles. The van der Waals surface area contributed by atoms with E-state index in [2.05, 4.69) is 12.1 Å². The summed E-state index contributed by atoms with van der Waals surface area (Å²) in [6, 6.07) is 25.4. The Balaban J connectivity index is 1.81. The molecule has 2 N–H and O–H groups in total. The molecule has 0 aliphatic rings. The largest absolute Gasteiger partial charge is 0.493 e. The first-order valence-electron chi connectivity index (χ1n) is 11.9. The van der Waals surface area contributed by atoms with Crippen molar-refractivity contribution in [3.05, 3.63) is 99.3 Å². The molecule has 0 saturated carbocycles. The number of benzene rings is 7. The average molecular weight is 456 g/mol. The van der Waals surface area contributed by atoms with E-state index in [0.29, 0.717) is 46.9 Å². The van der Waals surface area contributed by atoms with Crippen molar-refractivity contribution in [1.82, 2.24) is 0 Å². The molecule has 7 rings (SSSR count). The van der Waals surface area contributed by atoms with E-state index >= 15 is 0 Å². The first-order valence-corrected chi connectivity index (χ1v) is 11.9. The van der Waals surface area contributed by atoms with Crippen LogP contribution in [0.15, 0.2) is 88.5 Å². The van der Waals surface area contributed by atoms with Crippen LogP contribution in [0.3, 0.4) is 0 Å². The van der Waals surface area contributed by atoms with Crippen LogP contribution < -0.4 is 21.3 Å². The standard InChI is InChI=1S/C31H21NO3/c32-15-6-16-35-24-14-5-11-21-26-20-10-3-12-22-27(20)25(17-7-1-2-8-18(17)30(22)33)19-9-4-13-23(28(19)26)31(34)29(21)24/h1-5,7-14H,6,15-16,32H2. The Hall–Kier alpha value is -4.28. The van der Waals surface area contributed by atoms with Crippen LogP contribution in [0.1, 0.15) is 6.42 Å². The highest BCUT2D eigenvalue weighted by Crippen LogP contribution is 2.44. The van der Waals surface area contributed by atoms with Crippen molar-refractivity contribution < 1.29 is 4.74 Å². The second kappa shape index (κ2) is 7.36. The summed E-state index contributed by atoms with van der Waals surface area (Å²) in [5.41, 5.74) is 5.65. The van der Waals surface area contributed by atoms with Crippen molar-refractivity contribution in [3.63, 3.8) is 0 Å². The van der Waals surface area contributed by atoms with Gasteiger partial charge in [0.05, 0.1) is 12.0 Å². The lowest BCUT2D eigenvalue weighted by molar-refractivity contribution is 0.317. The zero-order valence-corrected chi connectivity index (χ0v) is 18.9. The van der Waals surface area contributed by atoms with Crippen molar-refractivity contribution in [2.75, 3.05) is 13.2 Å². The van der Waals surface area contributed by atoms with Gasteiger partial charge < -0.3 is 10.5 Å². The average Bonchev–Trinajstić information content (AvgIpc) is 2.90. The van der Waals surface area contributed by atoms with E-state index in [9.17, 15) is 9.59 Å². The third-order valence-electron chi connectivity index (χ3n) is 7.23. The zero-order valence-electron chi connectivity index (χ0n) is 18.9. The molecule has 0 spiro atoms. The monoisotopic (exact) mass is 455 g/mol. The van der Waals surface area contributed by atoms with E-state index in [-0.39, 0.29) is 10.9 Å². The number of hydrogen-bond donors (Lipinski definition) is 1. The molecule has 7 aromatic carbocycles. The van der Waals surface area contributed by atoms with Gasteiger partial charge in [-0.15, -0.1) is 0 Å². The summed E-state index contributed by atoms with van der Waals surface area (Å²) in [6.45, 7) is 0.975. The first-order chi connectivity index (χ1) is 17.2. The Labute approximate surface area is 199 Å². The third kappa shape index (κ3) is 2.60. The summed E-state index contributed by atoms with van der Waals surface area (Å²) >= 11 is 0. The molecule has 168 valence electrons. The second-order valence-electron chi connectivity index (χ2n) is 9.08. The van der Waals surface area contributed by atoms with Gasteiger partial charge in [-0.2, -0.15) is 0 Å². The van der Waals surface area contributed by atoms with Crippen LogP contribution in [0.25, 0.3) is 64.6 Å². The number of ether oxygens (including phenoxy) is 1. The van der Waals surface area contributed by atoms with Gasteiger partial charge in [-0.3, -0.25) is 9.59 Å². The molecule has 0 atom stereocenters. The Morgan fingerprint density at radius 2 is 1.00 bits per heavy atom. The lowest BCUT2D eigenvalue weighted by Crippen LogP contribution is -2.10. The Morgan fingerprint density at radius 1 is 0.514 bits per heavy atom. The highest BCUT2D eigenvalue weighted by atomic mass is 16.5. The van der Waals surface area contributed by atoms with E-state index in [1.165, 1.54) is 0 Å².